The number of hydrogen-bond acceptors (Lipinski definition) is 6. The molecule has 0 spiro atoms. The fraction of sp³-hybridized carbons (Fsp3) is 0.421. The number of aliphatic hydroxyl groups excluding tert-OH is 2. The van der Waals surface area contributed by atoms with Gasteiger partial charge in [0.05, 0.1) is 23.7 Å². The lowest BCUT2D eigenvalue weighted by Crippen LogP contribution is -2.40. The van der Waals surface area contributed by atoms with Gasteiger partial charge in [-0.15, -0.1) is 0 Å². The first kappa shape index (κ1) is 20.7. The lowest BCUT2D eigenvalue weighted by Gasteiger charge is -2.29. The highest BCUT2D eigenvalue weighted by Crippen LogP contribution is 2.39. The van der Waals surface area contributed by atoms with Crippen molar-refractivity contribution in [2.45, 2.75) is 36.9 Å². The van der Waals surface area contributed by atoms with E-state index in [0.29, 0.717) is 5.88 Å². The summed E-state index contributed by atoms with van der Waals surface area (Å²) >= 11 is 0. The van der Waals surface area contributed by atoms with E-state index in [4.69, 9.17) is 4.74 Å². The zero-order valence-corrected chi connectivity index (χ0v) is 16.2. The van der Waals surface area contributed by atoms with Crippen molar-refractivity contribution in [1.82, 2.24) is 9.71 Å². The van der Waals surface area contributed by atoms with Gasteiger partial charge in [0.25, 0.3) is 0 Å². The summed E-state index contributed by atoms with van der Waals surface area (Å²) in [5.41, 5.74) is -0.0350. The number of rotatable bonds is 7. The Morgan fingerprint density at radius 2 is 1.82 bits per heavy atom. The third-order valence-electron chi connectivity index (χ3n) is 4.88. The first-order valence-electron chi connectivity index (χ1n) is 8.87. The second-order valence-corrected chi connectivity index (χ2v) is 8.99. The average Bonchev–Trinajstić information content (AvgIpc) is 2.94. The number of hydrogen-bond donors (Lipinski definition) is 3. The number of aromatic nitrogens is 1. The molecule has 1 heterocycles. The minimum atomic E-state index is -3.88. The molecule has 1 aromatic heterocycles. The minimum Gasteiger partial charge on any atom is -0.477 e. The number of ether oxygens (including phenoxy) is 1. The quantitative estimate of drug-likeness (QED) is 0.637. The minimum absolute atomic E-state index is 0.0490. The van der Waals surface area contributed by atoms with Gasteiger partial charge in [0.15, 0.2) is 0 Å². The summed E-state index contributed by atoms with van der Waals surface area (Å²) in [6.07, 6.45) is -1.59. The monoisotopic (exact) mass is 410 g/mol. The number of pyridine rings is 1. The zero-order valence-electron chi connectivity index (χ0n) is 15.4. The van der Waals surface area contributed by atoms with E-state index in [-0.39, 0.29) is 30.9 Å². The van der Waals surface area contributed by atoms with Crippen molar-refractivity contribution in [1.29, 1.82) is 0 Å². The maximum atomic E-state index is 13.1. The van der Waals surface area contributed by atoms with Crippen LogP contribution >= 0.6 is 0 Å². The fourth-order valence-corrected chi connectivity index (χ4v) is 4.48. The van der Waals surface area contributed by atoms with Crippen molar-refractivity contribution in [3.63, 3.8) is 0 Å². The van der Waals surface area contributed by atoms with Crippen LogP contribution in [0.2, 0.25) is 0 Å². The molecule has 152 valence electrons. The molecule has 0 bridgehead atoms. The molecule has 3 atom stereocenters. The molecule has 0 radical (unpaired) electrons. The van der Waals surface area contributed by atoms with E-state index in [1.165, 1.54) is 12.1 Å². The second kappa shape index (κ2) is 8.12. The molecule has 28 heavy (non-hydrogen) atoms. The number of sulfonamides is 1. The maximum Gasteiger partial charge on any atom is 0.240 e. The molecule has 7 nitrogen and oxygen atoms in total. The Morgan fingerprint density at radius 3 is 2.43 bits per heavy atom. The topological polar surface area (TPSA) is 109 Å². The summed E-state index contributed by atoms with van der Waals surface area (Å²) in [5.74, 6) is -0.145. The van der Waals surface area contributed by atoms with Crippen LogP contribution in [0.25, 0.3) is 0 Å². The molecule has 1 fully saturated rings. The van der Waals surface area contributed by atoms with Gasteiger partial charge in [-0.05, 0) is 50.1 Å². The predicted octanol–water partition coefficient (Wildman–Crippen LogP) is 1.39. The first-order chi connectivity index (χ1) is 13.2. The molecule has 9 heteroatoms. The number of aliphatic hydroxyl groups is 2. The van der Waals surface area contributed by atoms with Gasteiger partial charge in [0.1, 0.15) is 5.82 Å². The summed E-state index contributed by atoms with van der Waals surface area (Å²) in [6.45, 7) is 1.85. The molecule has 3 rings (SSSR count). The molecular weight excluding hydrogens is 387 g/mol. The Morgan fingerprint density at radius 1 is 1.18 bits per heavy atom. The highest BCUT2D eigenvalue weighted by Gasteiger charge is 2.45. The van der Waals surface area contributed by atoms with Crippen LogP contribution in [0, 0.1) is 18.2 Å². The fourth-order valence-electron chi connectivity index (χ4n) is 3.33. The third-order valence-corrected chi connectivity index (χ3v) is 6.30. The van der Waals surface area contributed by atoms with Gasteiger partial charge in [-0.2, -0.15) is 0 Å². The van der Waals surface area contributed by atoms with Gasteiger partial charge in [0.2, 0.25) is 15.9 Å². The van der Waals surface area contributed by atoms with Crippen molar-refractivity contribution in [3.8, 4) is 5.88 Å². The van der Waals surface area contributed by atoms with E-state index in [2.05, 4.69) is 9.71 Å². The van der Waals surface area contributed by atoms with Crippen LogP contribution in [-0.2, 0) is 10.0 Å². The predicted molar refractivity (Wildman–Crippen MR) is 99.7 cm³/mol. The van der Waals surface area contributed by atoms with Crippen LogP contribution in [-0.4, -0.2) is 49.0 Å². The van der Waals surface area contributed by atoms with E-state index in [1.54, 1.807) is 12.1 Å². The highest BCUT2D eigenvalue weighted by molar-refractivity contribution is 7.89. The molecule has 1 aromatic carbocycles. The molecule has 1 unspecified atom stereocenters. The van der Waals surface area contributed by atoms with Crippen molar-refractivity contribution in [3.05, 3.63) is 54.0 Å². The van der Waals surface area contributed by atoms with E-state index < -0.39 is 33.5 Å². The molecule has 2 aromatic rings. The Balaban J connectivity index is 1.74. The summed E-state index contributed by atoms with van der Waals surface area (Å²) in [4.78, 5) is 4.18. The van der Waals surface area contributed by atoms with Crippen LogP contribution in [0.15, 0.2) is 47.4 Å². The van der Waals surface area contributed by atoms with Crippen LogP contribution in [0.5, 0.6) is 5.88 Å². The molecule has 0 aliphatic heterocycles. The lowest BCUT2D eigenvalue weighted by molar-refractivity contribution is 0.0438. The Kier molecular flexibility index (Phi) is 5.99. The van der Waals surface area contributed by atoms with Crippen LogP contribution < -0.4 is 9.46 Å². The highest BCUT2D eigenvalue weighted by atomic mass is 32.2. The molecule has 0 saturated heterocycles. The number of nitrogens with one attached hydrogen (secondary N) is 1. The molecule has 1 aliphatic rings. The molecule has 1 aliphatic carbocycles. The molecule has 3 N–H and O–H groups in total. The van der Waals surface area contributed by atoms with E-state index in [0.717, 1.165) is 17.8 Å². The van der Waals surface area contributed by atoms with Crippen molar-refractivity contribution < 1.29 is 27.8 Å². The Labute approximate surface area is 163 Å². The SMILES string of the molecule is Cc1cccc(OCC2(CNS(=O)(=O)c3ccc(F)cc3)C[C@@H](O)[C@@H](O)C2)n1. The number of halogens is 1. The van der Waals surface area contributed by atoms with Gasteiger partial charge < -0.3 is 14.9 Å². The third kappa shape index (κ3) is 4.85. The van der Waals surface area contributed by atoms with Crippen molar-refractivity contribution in [2.24, 2.45) is 5.41 Å². The second-order valence-electron chi connectivity index (χ2n) is 7.23. The first-order valence-corrected chi connectivity index (χ1v) is 10.4. The van der Waals surface area contributed by atoms with Crippen LogP contribution in [0.3, 0.4) is 0 Å². The van der Waals surface area contributed by atoms with Gasteiger partial charge in [-0.25, -0.2) is 22.5 Å². The summed E-state index contributed by atoms with van der Waals surface area (Å²) in [6, 6.07) is 9.79. The maximum absolute atomic E-state index is 13.1. The van der Waals surface area contributed by atoms with E-state index in [1.807, 2.05) is 13.0 Å². The molecule has 1 saturated carbocycles. The number of benzene rings is 1. The normalized spacial score (nSPS) is 25.0. The molecule has 0 amide bonds. The standard InChI is InChI=1S/C19H23FN2O5S/c1-13-3-2-4-18(22-13)27-12-19(9-16(23)17(24)10-19)11-21-28(25,26)15-7-5-14(20)6-8-15/h2-8,16-17,21,23-24H,9-12H2,1H3/t16-,17+,19?. The lowest BCUT2D eigenvalue weighted by atomic mass is 9.87. The van der Waals surface area contributed by atoms with Crippen LogP contribution in [0.4, 0.5) is 4.39 Å². The van der Waals surface area contributed by atoms with E-state index in [9.17, 15) is 23.0 Å². The van der Waals surface area contributed by atoms with Gasteiger partial charge in [-0.1, -0.05) is 6.07 Å². The van der Waals surface area contributed by atoms with Gasteiger partial charge in [0, 0.05) is 23.7 Å². The van der Waals surface area contributed by atoms with Gasteiger partial charge in [-0.3, -0.25) is 0 Å². The zero-order chi connectivity index (χ0) is 20.4. The summed E-state index contributed by atoms with van der Waals surface area (Å²) in [7, 11) is -3.88. The average molecular weight is 410 g/mol. The van der Waals surface area contributed by atoms with Crippen molar-refractivity contribution >= 4 is 10.0 Å². The molecular formula is C19H23FN2O5S. The number of aryl methyl sites for hydroxylation is 1. The van der Waals surface area contributed by atoms with Crippen molar-refractivity contribution in [2.75, 3.05) is 13.2 Å². The largest absolute Gasteiger partial charge is 0.477 e. The summed E-state index contributed by atoms with van der Waals surface area (Å²) < 4.78 is 46.3. The Bertz CT molecular complexity index is 910. The smallest absolute Gasteiger partial charge is 0.240 e. The van der Waals surface area contributed by atoms with Gasteiger partial charge >= 0.3 is 0 Å². The Hall–Kier alpha value is -2.07. The summed E-state index contributed by atoms with van der Waals surface area (Å²) in [5, 5.41) is 20.0. The van der Waals surface area contributed by atoms with Crippen LogP contribution in [0.1, 0.15) is 18.5 Å². The number of nitrogens with zero attached hydrogens (tertiary/aromatic N) is 1. The van der Waals surface area contributed by atoms with E-state index >= 15 is 0 Å².